The van der Waals surface area contributed by atoms with E-state index >= 15 is 0 Å². The molecule has 2 rings (SSSR count). The second kappa shape index (κ2) is 13.9. The monoisotopic (exact) mass is 505 g/mol. The Morgan fingerprint density at radius 1 is 1.25 bits per heavy atom. The molecule has 2 unspecified atom stereocenters. The standard InChI is InChI=1S/C21H35N3O3.HI/c1-4-16-7-6-8-18(13-16)24-21(22-5-2)23-15-17-9-10-19(27-12-11-25)20(14-17)26-3;/h9-10,14,16,18,25H,4-8,11-13,15H2,1-3H3,(H2,22,23,24);1H. The Balaban J connectivity index is 0.00000392. The summed E-state index contributed by atoms with van der Waals surface area (Å²) in [5.41, 5.74) is 1.05. The first-order chi connectivity index (χ1) is 13.2. The van der Waals surface area contributed by atoms with E-state index in [0.717, 1.165) is 24.0 Å². The number of benzene rings is 1. The molecule has 0 aromatic heterocycles. The van der Waals surface area contributed by atoms with Crippen molar-refractivity contribution in [3.63, 3.8) is 0 Å². The van der Waals surface area contributed by atoms with Crippen molar-refractivity contribution in [3.05, 3.63) is 23.8 Å². The van der Waals surface area contributed by atoms with Gasteiger partial charge in [-0.25, -0.2) is 4.99 Å². The molecule has 3 N–H and O–H groups in total. The summed E-state index contributed by atoms with van der Waals surface area (Å²) >= 11 is 0. The Kier molecular flexibility index (Phi) is 12.3. The van der Waals surface area contributed by atoms with Gasteiger partial charge in [0.05, 0.1) is 20.3 Å². The van der Waals surface area contributed by atoms with Gasteiger partial charge in [0.25, 0.3) is 0 Å². The average Bonchev–Trinajstić information content (AvgIpc) is 2.71. The number of halogens is 1. The fourth-order valence-electron chi connectivity index (χ4n) is 3.56. The number of nitrogens with zero attached hydrogens (tertiary/aromatic N) is 1. The van der Waals surface area contributed by atoms with Crippen LogP contribution in [-0.2, 0) is 6.54 Å². The highest BCUT2D eigenvalue weighted by molar-refractivity contribution is 14.0. The Morgan fingerprint density at radius 2 is 2.07 bits per heavy atom. The van der Waals surface area contributed by atoms with E-state index < -0.39 is 0 Å². The molecule has 160 valence electrons. The summed E-state index contributed by atoms with van der Waals surface area (Å²) in [7, 11) is 1.62. The van der Waals surface area contributed by atoms with Crippen molar-refractivity contribution in [1.82, 2.24) is 10.6 Å². The van der Waals surface area contributed by atoms with Gasteiger partial charge < -0.3 is 25.2 Å². The van der Waals surface area contributed by atoms with Crippen LogP contribution in [-0.4, -0.2) is 44.0 Å². The molecular formula is C21H36IN3O3. The van der Waals surface area contributed by atoms with Gasteiger partial charge in [-0.2, -0.15) is 0 Å². The Bertz CT molecular complexity index is 598. The van der Waals surface area contributed by atoms with E-state index in [2.05, 4.69) is 24.5 Å². The number of hydrogen-bond donors (Lipinski definition) is 3. The van der Waals surface area contributed by atoms with Crippen LogP contribution in [0.1, 0.15) is 51.5 Å². The molecular weight excluding hydrogens is 469 g/mol. The molecule has 0 amide bonds. The molecule has 6 nitrogen and oxygen atoms in total. The van der Waals surface area contributed by atoms with Crippen LogP contribution >= 0.6 is 24.0 Å². The van der Waals surface area contributed by atoms with Crippen molar-refractivity contribution in [2.75, 3.05) is 26.9 Å². The summed E-state index contributed by atoms with van der Waals surface area (Å²) in [6, 6.07) is 6.29. The maximum Gasteiger partial charge on any atom is 0.191 e. The van der Waals surface area contributed by atoms with Crippen molar-refractivity contribution in [3.8, 4) is 11.5 Å². The third-order valence-corrected chi connectivity index (χ3v) is 5.04. The van der Waals surface area contributed by atoms with Gasteiger partial charge in [0.1, 0.15) is 6.61 Å². The van der Waals surface area contributed by atoms with Gasteiger partial charge in [0, 0.05) is 12.6 Å². The van der Waals surface area contributed by atoms with Gasteiger partial charge >= 0.3 is 0 Å². The zero-order chi connectivity index (χ0) is 19.5. The lowest BCUT2D eigenvalue weighted by atomic mass is 9.84. The van der Waals surface area contributed by atoms with E-state index in [1.165, 1.54) is 32.1 Å². The van der Waals surface area contributed by atoms with Gasteiger partial charge in [-0.3, -0.25) is 0 Å². The highest BCUT2D eigenvalue weighted by Crippen LogP contribution is 2.28. The van der Waals surface area contributed by atoms with Crippen LogP contribution in [0.3, 0.4) is 0 Å². The number of aliphatic imine (C=N–C) groups is 1. The molecule has 1 aromatic carbocycles. The van der Waals surface area contributed by atoms with E-state index in [1.54, 1.807) is 7.11 Å². The quantitative estimate of drug-likeness (QED) is 0.271. The first kappa shape index (κ1) is 24.8. The third kappa shape index (κ3) is 8.03. The number of guanidine groups is 1. The molecule has 2 atom stereocenters. The largest absolute Gasteiger partial charge is 0.493 e. The van der Waals surface area contributed by atoms with Gasteiger partial charge in [0.15, 0.2) is 17.5 Å². The van der Waals surface area contributed by atoms with Crippen LogP contribution in [0.5, 0.6) is 11.5 Å². The van der Waals surface area contributed by atoms with Crippen molar-refractivity contribution in [2.45, 2.75) is 58.5 Å². The summed E-state index contributed by atoms with van der Waals surface area (Å²) < 4.78 is 10.9. The smallest absolute Gasteiger partial charge is 0.191 e. The van der Waals surface area contributed by atoms with Gasteiger partial charge in [-0.1, -0.05) is 32.3 Å². The van der Waals surface area contributed by atoms with E-state index in [9.17, 15) is 0 Å². The van der Waals surface area contributed by atoms with Gasteiger partial charge in [-0.15, -0.1) is 24.0 Å². The summed E-state index contributed by atoms with van der Waals surface area (Å²) in [6.45, 7) is 6.01. The molecule has 28 heavy (non-hydrogen) atoms. The lowest BCUT2D eigenvalue weighted by Crippen LogP contribution is -2.45. The topological polar surface area (TPSA) is 75.1 Å². The zero-order valence-electron chi connectivity index (χ0n) is 17.4. The zero-order valence-corrected chi connectivity index (χ0v) is 19.7. The van der Waals surface area contributed by atoms with Gasteiger partial charge in [0.2, 0.25) is 0 Å². The lowest BCUT2D eigenvalue weighted by molar-refractivity contribution is 0.196. The molecule has 7 heteroatoms. The number of aliphatic hydroxyl groups is 1. The Hall–Kier alpha value is -1.22. The minimum absolute atomic E-state index is 0. The summed E-state index contributed by atoms with van der Waals surface area (Å²) in [5.74, 6) is 3.00. The summed E-state index contributed by atoms with van der Waals surface area (Å²) in [6.07, 6.45) is 6.35. The van der Waals surface area contributed by atoms with Gasteiger partial charge in [-0.05, 0) is 43.4 Å². The molecule has 0 aliphatic heterocycles. The SMILES string of the molecule is CCNC(=NCc1ccc(OCCO)c(OC)c1)NC1CCCC(CC)C1.I. The van der Waals surface area contributed by atoms with Crippen molar-refractivity contribution < 1.29 is 14.6 Å². The molecule has 0 spiro atoms. The Morgan fingerprint density at radius 3 is 2.75 bits per heavy atom. The number of aliphatic hydroxyl groups excluding tert-OH is 1. The van der Waals surface area contributed by atoms with Crippen LogP contribution in [0.25, 0.3) is 0 Å². The number of nitrogens with one attached hydrogen (secondary N) is 2. The number of ether oxygens (including phenoxy) is 2. The molecule has 0 radical (unpaired) electrons. The fraction of sp³-hybridized carbons (Fsp3) is 0.667. The fourth-order valence-corrected chi connectivity index (χ4v) is 3.56. The molecule has 0 bridgehead atoms. The highest BCUT2D eigenvalue weighted by Gasteiger charge is 2.21. The predicted molar refractivity (Wildman–Crippen MR) is 125 cm³/mol. The minimum atomic E-state index is -0.0209. The summed E-state index contributed by atoms with van der Waals surface area (Å²) in [4.78, 5) is 4.75. The van der Waals surface area contributed by atoms with Crippen molar-refractivity contribution >= 4 is 29.9 Å². The van der Waals surface area contributed by atoms with Crippen LogP contribution in [0.15, 0.2) is 23.2 Å². The van der Waals surface area contributed by atoms with E-state index in [-0.39, 0.29) is 37.2 Å². The third-order valence-electron chi connectivity index (χ3n) is 5.04. The molecule has 1 fully saturated rings. The van der Waals surface area contributed by atoms with Crippen LogP contribution in [0, 0.1) is 5.92 Å². The second-order valence-electron chi connectivity index (χ2n) is 7.03. The van der Waals surface area contributed by atoms with E-state index in [0.29, 0.717) is 24.1 Å². The minimum Gasteiger partial charge on any atom is -0.493 e. The van der Waals surface area contributed by atoms with Crippen molar-refractivity contribution in [2.24, 2.45) is 10.9 Å². The van der Waals surface area contributed by atoms with Crippen molar-refractivity contribution in [1.29, 1.82) is 0 Å². The predicted octanol–water partition coefficient (Wildman–Crippen LogP) is 3.71. The normalized spacial score (nSPS) is 19.5. The van der Waals surface area contributed by atoms with Crippen LogP contribution in [0.4, 0.5) is 0 Å². The number of hydrogen-bond acceptors (Lipinski definition) is 4. The van der Waals surface area contributed by atoms with Crippen LogP contribution < -0.4 is 20.1 Å². The highest BCUT2D eigenvalue weighted by atomic mass is 127. The average molecular weight is 505 g/mol. The summed E-state index contributed by atoms with van der Waals surface area (Å²) in [5, 5.41) is 15.9. The Labute approximate surface area is 186 Å². The maximum atomic E-state index is 8.91. The molecule has 1 aliphatic rings. The van der Waals surface area contributed by atoms with E-state index in [1.807, 2.05) is 18.2 Å². The first-order valence-electron chi connectivity index (χ1n) is 10.2. The van der Waals surface area contributed by atoms with Crippen LogP contribution in [0.2, 0.25) is 0 Å². The molecule has 0 saturated heterocycles. The maximum absolute atomic E-state index is 8.91. The molecule has 1 saturated carbocycles. The van der Waals surface area contributed by atoms with E-state index in [4.69, 9.17) is 19.6 Å². The molecule has 0 heterocycles. The lowest BCUT2D eigenvalue weighted by Gasteiger charge is -2.30. The first-order valence-corrected chi connectivity index (χ1v) is 10.2. The second-order valence-corrected chi connectivity index (χ2v) is 7.03. The molecule has 1 aliphatic carbocycles. The number of methoxy groups -OCH3 is 1. The molecule has 1 aromatic rings. The number of rotatable bonds is 9.